The van der Waals surface area contributed by atoms with E-state index in [1.54, 1.807) is 13.0 Å². The van der Waals surface area contributed by atoms with E-state index in [9.17, 15) is 15.3 Å². The fraction of sp³-hybridized carbons (Fsp3) is 0.367. The maximum Gasteiger partial charge on any atom is 0.130 e. The van der Waals surface area contributed by atoms with Crippen LogP contribution < -0.4 is 5.32 Å². The number of hydrogen-bond donors (Lipinski definition) is 4. The number of allylic oxidation sites excluding steroid dienone is 10. The van der Waals surface area contributed by atoms with E-state index in [1.807, 2.05) is 64.2 Å². The predicted molar refractivity (Wildman–Crippen MR) is 148 cm³/mol. The van der Waals surface area contributed by atoms with E-state index in [0.29, 0.717) is 22.8 Å². The van der Waals surface area contributed by atoms with E-state index >= 15 is 0 Å². The fourth-order valence-corrected chi connectivity index (χ4v) is 5.71. The molecule has 8 nitrogen and oxygen atoms in total. The Morgan fingerprint density at radius 1 is 0.842 bits per heavy atom. The molecular formula is C30H32N4O4. The maximum absolute atomic E-state index is 11.7. The monoisotopic (exact) mass is 512 g/mol. The van der Waals surface area contributed by atoms with Crippen molar-refractivity contribution < 1.29 is 20.1 Å². The zero-order chi connectivity index (χ0) is 26.9. The smallest absolute Gasteiger partial charge is 0.130 e. The number of aliphatic imine (C=N–C) groups is 3. The zero-order valence-corrected chi connectivity index (χ0v) is 22.1. The van der Waals surface area contributed by atoms with E-state index in [0.717, 1.165) is 39.5 Å². The third-order valence-corrected chi connectivity index (χ3v) is 8.08. The van der Waals surface area contributed by atoms with Crippen molar-refractivity contribution in [1.29, 1.82) is 0 Å². The Morgan fingerprint density at radius 2 is 1.50 bits per heavy atom. The van der Waals surface area contributed by atoms with Gasteiger partial charge in [-0.2, -0.15) is 0 Å². The van der Waals surface area contributed by atoms with Gasteiger partial charge < -0.3 is 25.4 Å². The average molecular weight is 513 g/mol. The lowest BCUT2D eigenvalue weighted by atomic mass is 9.75. The molecule has 6 aliphatic rings. The molecule has 0 amide bonds. The largest absolute Gasteiger partial charge is 0.509 e. The molecule has 8 heteroatoms. The molecule has 8 bridgehead atoms. The van der Waals surface area contributed by atoms with Crippen molar-refractivity contribution in [2.75, 3.05) is 0 Å². The summed E-state index contributed by atoms with van der Waals surface area (Å²) >= 11 is 0. The second kappa shape index (κ2) is 8.73. The number of aliphatic hydroxyl groups is 3. The first-order chi connectivity index (χ1) is 18.0. The maximum atomic E-state index is 11.7. The van der Waals surface area contributed by atoms with Crippen LogP contribution in [0.2, 0.25) is 0 Å². The van der Waals surface area contributed by atoms with Gasteiger partial charge in [-0.1, -0.05) is 0 Å². The van der Waals surface area contributed by atoms with Crippen LogP contribution in [0.15, 0.2) is 108 Å². The first kappa shape index (κ1) is 24.7. The van der Waals surface area contributed by atoms with Crippen LogP contribution in [-0.4, -0.2) is 56.9 Å². The second-order valence-corrected chi connectivity index (χ2v) is 11.0. The molecule has 0 radical (unpaired) electrons. The Hall–Kier alpha value is -3.59. The van der Waals surface area contributed by atoms with E-state index in [4.69, 9.17) is 19.7 Å². The summed E-state index contributed by atoms with van der Waals surface area (Å²) in [6, 6.07) is 0. The average Bonchev–Trinajstić information content (AvgIpc) is 3.55. The van der Waals surface area contributed by atoms with Crippen LogP contribution in [-0.2, 0) is 4.74 Å². The van der Waals surface area contributed by atoms with E-state index in [2.05, 4.69) is 5.32 Å². The van der Waals surface area contributed by atoms with Gasteiger partial charge in [0.1, 0.15) is 11.9 Å². The van der Waals surface area contributed by atoms with Crippen molar-refractivity contribution in [2.24, 2.45) is 20.4 Å². The van der Waals surface area contributed by atoms with Gasteiger partial charge >= 0.3 is 0 Å². The highest BCUT2D eigenvalue weighted by atomic mass is 16.5. The van der Waals surface area contributed by atoms with Crippen molar-refractivity contribution in [3.8, 4) is 0 Å². The van der Waals surface area contributed by atoms with Crippen LogP contribution in [0.1, 0.15) is 41.0 Å². The molecule has 0 aliphatic carbocycles. The van der Waals surface area contributed by atoms with E-state index in [1.165, 1.54) is 0 Å². The van der Waals surface area contributed by atoms with Crippen molar-refractivity contribution in [3.63, 3.8) is 0 Å². The third-order valence-electron chi connectivity index (χ3n) is 8.08. The molecule has 38 heavy (non-hydrogen) atoms. The molecule has 0 spiro atoms. The van der Waals surface area contributed by atoms with Crippen molar-refractivity contribution in [3.05, 3.63) is 93.5 Å². The summed E-state index contributed by atoms with van der Waals surface area (Å²) < 4.78 is 6.13. The van der Waals surface area contributed by atoms with Gasteiger partial charge in [-0.05, 0) is 93.9 Å². The summed E-state index contributed by atoms with van der Waals surface area (Å²) in [7, 11) is 0. The molecular weight excluding hydrogens is 480 g/mol. The highest BCUT2D eigenvalue weighted by Gasteiger charge is 2.54. The molecule has 5 atom stereocenters. The van der Waals surface area contributed by atoms with Crippen LogP contribution in [0, 0.1) is 5.41 Å². The Morgan fingerprint density at radius 3 is 2.21 bits per heavy atom. The molecule has 0 aromatic heterocycles. The van der Waals surface area contributed by atoms with Gasteiger partial charge in [0, 0.05) is 12.1 Å². The molecule has 6 rings (SSSR count). The van der Waals surface area contributed by atoms with Gasteiger partial charge in [-0.25, -0.2) is 15.0 Å². The standard InChI is InChI=1S/C30H32N4O4/c1-14-8-20-11-27-30(5,29-26(36)13-25(35)17(4)38-29)28(37)24(34-27)10-19-7-16(3)23(32-19)12-22-15(2)6-18(31-22)9-21(14)33-20/h6-12,17,25-26,29,34-37H,13H2,1-5H3. The highest BCUT2D eigenvalue weighted by Crippen LogP contribution is 2.48. The number of nitrogens with zero attached hydrogens (tertiary/aromatic N) is 3. The molecule has 6 aliphatic heterocycles. The van der Waals surface area contributed by atoms with Gasteiger partial charge in [0.2, 0.25) is 0 Å². The number of fused-ring (bicyclic) bond motifs is 5. The van der Waals surface area contributed by atoms with Crippen LogP contribution in [0.3, 0.4) is 0 Å². The quantitative estimate of drug-likeness (QED) is 0.423. The molecule has 1 fully saturated rings. The molecule has 196 valence electrons. The minimum atomic E-state index is -1.11. The summed E-state index contributed by atoms with van der Waals surface area (Å²) in [6.45, 7) is 9.66. The molecule has 5 unspecified atom stereocenters. The molecule has 1 saturated heterocycles. The lowest BCUT2D eigenvalue weighted by Crippen LogP contribution is -2.54. The third kappa shape index (κ3) is 3.91. The lowest BCUT2D eigenvalue weighted by Gasteiger charge is -2.44. The fourth-order valence-electron chi connectivity index (χ4n) is 5.71. The first-order valence-electron chi connectivity index (χ1n) is 12.9. The lowest BCUT2D eigenvalue weighted by molar-refractivity contribution is -0.189. The number of hydrogen-bond acceptors (Lipinski definition) is 8. The summed E-state index contributed by atoms with van der Waals surface area (Å²) in [5.41, 5.74) is 7.77. The Balaban J connectivity index is 1.54. The number of rotatable bonds is 1. The molecule has 0 aromatic carbocycles. The zero-order valence-electron chi connectivity index (χ0n) is 22.1. The normalized spacial score (nSPS) is 34.3. The Kier molecular flexibility index (Phi) is 5.68. The topological polar surface area (TPSA) is 119 Å². The van der Waals surface area contributed by atoms with E-state index in [-0.39, 0.29) is 12.2 Å². The minimum absolute atomic E-state index is 0.0414. The summed E-state index contributed by atoms with van der Waals surface area (Å²) in [4.78, 5) is 14.4. The first-order valence-corrected chi connectivity index (χ1v) is 12.9. The van der Waals surface area contributed by atoms with Crippen LogP contribution in [0.4, 0.5) is 0 Å². The summed E-state index contributed by atoms with van der Waals surface area (Å²) in [6.07, 6.45) is 10.7. The van der Waals surface area contributed by atoms with Crippen LogP contribution >= 0.6 is 0 Å². The summed E-state index contributed by atoms with van der Waals surface area (Å²) in [5.74, 6) is 0.0414. The predicted octanol–water partition coefficient (Wildman–Crippen LogP) is 4.02. The van der Waals surface area contributed by atoms with Crippen LogP contribution in [0.25, 0.3) is 0 Å². The minimum Gasteiger partial charge on any atom is -0.509 e. The Bertz CT molecular complexity index is 1490. The number of ether oxygens (including phenoxy) is 1. The van der Waals surface area contributed by atoms with Gasteiger partial charge in [0.25, 0.3) is 0 Å². The molecule has 0 aromatic rings. The van der Waals surface area contributed by atoms with Crippen molar-refractivity contribution in [1.82, 2.24) is 5.32 Å². The molecule has 6 heterocycles. The number of nitrogens with one attached hydrogen (secondary N) is 1. The van der Waals surface area contributed by atoms with Crippen molar-refractivity contribution >= 4 is 17.1 Å². The van der Waals surface area contributed by atoms with Gasteiger partial charge in [0.05, 0.1) is 63.7 Å². The van der Waals surface area contributed by atoms with E-state index < -0.39 is 29.8 Å². The van der Waals surface area contributed by atoms with Crippen molar-refractivity contribution in [2.45, 2.75) is 65.5 Å². The van der Waals surface area contributed by atoms with Gasteiger partial charge in [-0.15, -0.1) is 0 Å². The van der Waals surface area contributed by atoms with Crippen LogP contribution in [0.5, 0.6) is 0 Å². The highest BCUT2D eigenvalue weighted by molar-refractivity contribution is 6.14. The van der Waals surface area contributed by atoms with Gasteiger partial charge in [0.15, 0.2) is 0 Å². The molecule has 4 N–H and O–H groups in total. The second-order valence-electron chi connectivity index (χ2n) is 11.0. The number of aliphatic hydroxyl groups excluding tert-OH is 3. The Labute approximate surface area is 222 Å². The van der Waals surface area contributed by atoms with Gasteiger partial charge in [-0.3, -0.25) is 0 Å². The molecule has 0 saturated carbocycles. The SMILES string of the molecule is CC1=CC2=NC1=CC1=NC(=CC3=C(O)C(C)(C4OC(C)C(O)CC4O)C(=CC4=NC(=C2)C(C)=C4)N3)C=C1C. The summed E-state index contributed by atoms with van der Waals surface area (Å²) in [5, 5.41) is 36.3.